The molecule has 0 radical (unpaired) electrons. The zero-order chi connectivity index (χ0) is 29.8. The van der Waals surface area contributed by atoms with Gasteiger partial charge in [0.2, 0.25) is 5.91 Å². The quantitative estimate of drug-likeness (QED) is 0.324. The molecule has 2 aliphatic rings. The minimum atomic E-state index is -0.461. The summed E-state index contributed by atoms with van der Waals surface area (Å²) in [5, 5.41) is 3.46. The molecule has 0 aromatic heterocycles. The molecular formula is C33H36N4O5. The number of esters is 1. The molecule has 1 N–H and O–H groups in total. The van der Waals surface area contributed by atoms with Crippen molar-refractivity contribution in [1.29, 1.82) is 0 Å². The van der Waals surface area contributed by atoms with Gasteiger partial charge in [0.1, 0.15) is 5.75 Å². The third kappa shape index (κ3) is 6.22. The molecule has 3 aromatic rings. The summed E-state index contributed by atoms with van der Waals surface area (Å²) in [6, 6.07) is 20.2. The van der Waals surface area contributed by atoms with Crippen molar-refractivity contribution in [3.8, 4) is 5.75 Å². The van der Waals surface area contributed by atoms with E-state index in [9.17, 15) is 14.4 Å². The third-order valence-corrected chi connectivity index (χ3v) is 7.91. The summed E-state index contributed by atoms with van der Waals surface area (Å²) in [5.41, 5.74) is 5.38. The first-order valence-electron chi connectivity index (χ1n) is 14.0. The molecule has 42 heavy (non-hydrogen) atoms. The number of likely N-dealkylation sites (N-methyl/N-ethyl adjacent to an activating group) is 2. The average Bonchev–Trinajstić information content (AvgIpc) is 3.35. The van der Waals surface area contributed by atoms with Crippen LogP contribution in [0.1, 0.15) is 27.0 Å². The number of nitrogens with zero attached hydrogens (tertiary/aromatic N) is 3. The Bertz CT molecular complexity index is 1510. The number of allylic oxidation sites excluding steroid dienone is 1. The fraction of sp³-hybridized carbons (Fsp3) is 0.303. The Balaban J connectivity index is 1.44. The van der Waals surface area contributed by atoms with Crippen LogP contribution in [0.3, 0.4) is 0 Å². The first-order chi connectivity index (χ1) is 20.3. The third-order valence-electron chi connectivity index (χ3n) is 7.91. The number of ether oxygens (including phenoxy) is 2. The summed E-state index contributed by atoms with van der Waals surface area (Å²) >= 11 is 0. The highest BCUT2D eigenvalue weighted by molar-refractivity contribution is 6.32. The fourth-order valence-corrected chi connectivity index (χ4v) is 5.29. The molecule has 1 heterocycles. The van der Waals surface area contributed by atoms with Gasteiger partial charge in [-0.2, -0.15) is 0 Å². The molecule has 0 bridgehead atoms. The SMILES string of the molecule is COC(=O)c1ccc2c(c1)/C(=C(/Nc1ccc(N(C)C(=O)CN3CCN(C)CC3)cc1)c1ccc(OC)cc1)C(=O)C2. The molecule has 3 aromatic carbocycles. The Morgan fingerprint density at radius 1 is 0.905 bits per heavy atom. The van der Waals surface area contributed by atoms with Gasteiger partial charge in [-0.25, -0.2) is 4.79 Å². The second-order valence-electron chi connectivity index (χ2n) is 10.6. The molecule has 0 unspecified atom stereocenters. The zero-order valence-electron chi connectivity index (χ0n) is 24.5. The number of amides is 1. The lowest BCUT2D eigenvalue weighted by Gasteiger charge is -2.32. The smallest absolute Gasteiger partial charge is 0.337 e. The molecule has 0 spiro atoms. The number of rotatable bonds is 8. The molecule has 1 amide bonds. The Morgan fingerprint density at radius 3 is 2.21 bits per heavy atom. The van der Waals surface area contributed by atoms with Crippen molar-refractivity contribution in [2.75, 3.05) is 71.3 Å². The van der Waals surface area contributed by atoms with E-state index in [4.69, 9.17) is 9.47 Å². The summed E-state index contributed by atoms with van der Waals surface area (Å²) in [6.45, 7) is 4.06. The number of benzene rings is 3. The average molecular weight is 569 g/mol. The van der Waals surface area contributed by atoms with Gasteiger partial charge in [-0.15, -0.1) is 0 Å². The van der Waals surface area contributed by atoms with E-state index in [1.54, 1.807) is 31.2 Å². The normalized spacial score (nSPS) is 16.5. The zero-order valence-corrected chi connectivity index (χ0v) is 24.5. The predicted molar refractivity (Wildman–Crippen MR) is 164 cm³/mol. The minimum Gasteiger partial charge on any atom is -0.497 e. The molecule has 1 aliphatic carbocycles. The van der Waals surface area contributed by atoms with Gasteiger partial charge in [0.25, 0.3) is 0 Å². The summed E-state index contributed by atoms with van der Waals surface area (Å²) in [5.74, 6) is 0.229. The lowest BCUT2D eigenvalue weighted by atomic mass is 9.98. The first kappa shape index (κ1) is 29.0. The second-order valence-corrected chi connectivity index (χ2v) is 10.6. The van der Waals surface area contributed by atoms with Crippen LogP contribution in [0.25, 0.3) is 11.3 Å². The maximum absolute atomic E-state index is 13.4. The highest BCUT2D eigenvalue weighted by Crippen LogP contribution is 2.37. The van der Waals surface area contributed by atoms with E-state index in [0.29, 0.717) is 34.7 Å². The first-order valence-corrected chi connectivity index (χ1v) is 14.0. The number of piperazine rings is 1. The van der Waals surface area contributed by atoms with Crippen LogP contribution in [0.2, 0.25) is 0 Å². The van der Waals surface area contributed by atoms with Crippen LogP contribution in [0.15, 0.2) is 66.7 Å². The number of carbonyl (C=O) groups is 3. The molecule has 9 heteroatoms. The molecule has 5 rings (SSSR count). The summed E-state index contributed by atoms with van der Waals surface area (Å²) in [6.07, 6.45) is 0.243. The van der Waals surface area contributed by atoms with E-state index in [-0.39, 0.29) is 18.1 Å². The van der Waals surface area contributed by atoms with Gasteiger partial charge in [0, 0.05) is 56.6 Å². The largest absolute Gasteiger partial charge is 0.497 e. The van der Waals surface area contributed by atoms with E-state index in [0.717, 1.165) is 48.7 Å². The van der Waals surface area contributed by atoms with Gasteiger partial charge in [-0.05, 0) is 84.4 Å². The van der Waals surface area contributed by atoms with Crippen molar-refractivity contribution >= 4 is 40.3 Å². The van der Waals surface area contributed by atoms with Gasteiger partial charge in [-0.3, -0.25) is 14.5 Å². The molecule has 0 saturated carbocycles. The van der Waals surface area contributed by atoms with Crippen LogP contribution in [-0.2, 0) is 20.7 Å². The van der Waals surface area contributed by atoms with Crippen molar-refractivity contribution in [3.05, 3.63) is 89.0 Å². The van der Waals surface area contributed by atoms with Gasteiger partial charge in [-0.1, -0.05) is 6.07 Å². The van der Waals surface area contributed by atoms with Crippen LogP contribution < -0.4 is 15.0 Å². The Labute approximate surface area is 246 Å². The number of methoxy groups -OCH3 is 2. The number of ketones is 1. The highest BCUT2D eigenvalue weighted by atomic mass is 16.5. The van der Waals surface area contributed by atoms with Gasteiger partial charge in [0.05, 0.1) is 32.0 Å². The van der Waals surface area contributed by atoms with E-state index in [1.165, 1.54) is 7.11 Å². The Hall–Kier alpha value is -4.47. The van der Waals surface area contributed by atoms with Crippen LogP contribution >= 0.6 is 0 Å². The maximum Gasteiger partial charge on any atom is 0.337 e. The van der Waals surface area contributed by atoms with E-state index < -0.39 is 5.97 Å². The minimum absolute atomic E-state index is 0.0378. The Morgan fingerprint density at radius 2 is 1.57 bits per heavy atom. The predicted octanol–water partition coefficient (Wildman–Crippen LogP) is 3.80. The number of hydrogen-bond donors (Lipinski definition) is 1. The molecular weight excluding hydrogens is 532 g/mol. The molecule has 1 fully saturated rings. The van der Waals surface area contributed by atoms with Crippen LogP contribution in [0, 0.1) is 0 Å². The van der Waals surface area contributed by atoms with Crippen LogP contribution in [0.4, 0.5) is 11.4 Å². The molecule has 0 atom stereocenters. The van der Waals surface area contributed by atoms with E-state index >= 15 is 0 Å². The lowest BCUT2D eigenvalue weighted by Crippen LogP contribution is -2.48. The molecule has 218 valence electrons. The van der Waals surface area contributed by atoms with Gasteiger partial charge in [0.15, 0.2) is 5.78 Å². The van der Waals surface area contributed by atoms with E-state index in [2.05, 4.69) is 22.2 Å². The number of hydrogen-bond acceptors (Lipinski definition) is 8. The standard InChI is InChI=1S/C33H36N4O5/c1-35-15-17-37(18-16-35)21-30(39)36(2)26-11-9-25(10-12-26)34-32(22-7-13-27(41-3)14-8-22)31-28-19-24(33(40)42-4)6-5-23(28)20-29(31)38/h5-14,19,34H,15-18,20-21H2,1-4H3/b32-31-. The van der Waals surface area contributed by atoms with Crippen molar-refractivity contribution in [2.45, 2.75) is 6.42 Å². The van der Waals surface area contributed by atoms with E-state index in [1.807, 2.05) is 54.6 Å². The van der Waals surface area contributed by atoms with Crippen LogP contribution in [0.5, 0.6) is 5.75 Å². The van der Waals surface area contributed by atoms with Crippen molar-refractivity contribution in [1.82, 2.24) is 9.80 Å². The second kappa shape index (κ2) is 12.6. The van der Waals surface area contributed by atoms with Gasteiger partial charge >= 0.3 is 5.97 Å². The lowest BCUT2D eigenvalue weighted by molar-refractivity contribution is -0.119. The number of carbonyl (C=O) groups excluding carboxylic acids is 3. The topological polar surface area (TPSA) is 91.4 Å². The monoisotopic (exact) mass is 568 g/mol. The van der Waals surface area contributed by atoms with Gasteiger partial charge < -0.3 is 24.6 Å². The molecule has 1 aliphatic heterocycles. The number of anilines is 2. The summed E-state index contributed by atoms with van der Waals surface area (Å²) < 4.78 is 10.3. The van der Waals surface area contributed by atoms with Crippen molar-refractivity contribution < 1.29 is 23.9 Å². The fourth-order valence-electron chi connectivity index (χ4n) is 5.29. The van der Waals surface area contributed by atoms with Crippen molar-refractivity contribution in [3.63, 3.8) is 0 Å². The number of Topliss-reactive ketones (excluding diaryl/α,β-unsaturated/α-hetero) is 1. The molecule has 9 nitrogen and oxygen atoms in total. The number of fused-ring (bicyclic) bond motifs is 1. The summed E-state index contributed by atoms with van der Waals surface area (Å²) in [7, 11) is 6.82. The van der Waals surface area contributed by atoms with Crippen LogP contribution in [-0.4, -0.2) is 88.5 Å². The molecule has 1 saturated heterocycles. The van der Waals surface area contributed by atoms with Crippen molar-refractivity contribution in [2.24, 2.45) is 0 Å². The highest BCUT2D eigenvalue weighted by Gasteiger charge is 2.30. The number of nitrogens with one attached hydrogen (secondary N) is 1. The summed E-state index contributed by atoms with van der Waals surface area (Å²) in [4.78, 5) is 44.8. The Kier molecular flexibility index (Phi) is 8.70. The maximum atomic E-state index is 13.4.